The highest BCUT2D eigenvalue weighted by Gasteiger charge is 2.21. The van der Waals surface area contributed by atoms with Gasteiger partial charge in [-0.15, -0.1) is 0 Å². The van der Waals surface area contributed by atoms with E-state index in [1.54, 1.807) is 0 Å². The number of aromatic hydroxyl groups is 4. The van der Waals surface area contributed by atoms with Gasteiger partial charge in [0, 0.05) is 76.7 Å². The fourth-order valence-electron chi connectivity index (χ4n) is 9.25. The van der Waals surface area contributed by atoms with Crippen molar-refractivity contribution in [3.05, 3.63) is 115 Å². The lowest BCUT2D eigenvalue weighted by Crippen LogP contribution is -2.04. The van der Waals surface area contributed by atoms with Gasteiger partial charge in [-0.2, -0.15) is 0 Å². The highest BCUT2D eigenvalue weighted by atomic mass is 16.3. The summed E-state index contributed by atoms with van der Waals surface area (Å²) in [6, 6.07) is 15.8. The summed E-state index contributed by atoms with van der Waals surface area (Å²) in [5.74, 6) is 0.519. The van der Waals surface area contributed by atoms with Gasteiger partial charge in [0.25, 0.3) is 0 Å². The summed E-state index contributed by atoms with van der Waals surface area (Å²) in [4.78, 5) is 19.3. The van der Waals surface area contributed by atoms with Crippen LogP contribution in [0.15, 0.2) is 68.5 Å². The Morgan fingerprint density at radius 1 is 0.294 bits per heavy atom. The number of aliphatic imine (C=N–C) groups is 4. The van der Waals surface area contributed by atoms with Crippen LogP contribution in [0.3, 0.4) is 0 Å². The number of nitrogens with zero attached hydrogens (tertiary/aromatic N) is 4. The summed E-state index contributed by atoms with van der Waals surface area (Å²) in [7, 11) is 0. The van der Waals surface area contributed by atoms with E-state index in [0.29, 0.717) is 44.5 Å². The molecule has 1 aliphatic rings. The van der Waals surface area contributed by atoms with E-state index in [0.717, 1.165) is 99.8 Å². The minimum absolute atomic E-state index is 0.130. The van der Waals surface area contributed by atoms with Gasteiger partial charge in [0.05, 0.1) is 0 Å². The summed E-state index contributed by atoms with van der Waals surface area (Å²) in [5, 5.41) is 48.8. The Hall–Kier alpha value is -5.24. The zero-order valence-electron chi connectivity index (χ0n) is 42.3. The molecule has 0 radical (unpaired) electrons. The number of phenols is 4. The van der Waals surface area contributed by atoms with E-state index in [-0.39, 0.29) is 48.7 Å². The molecule has 4 N–H and O–H groups in total. The van der Waals surface area contributed by atoms with Crippen LogP contribution in [0.1, 0.15) is 223 Å². The summed E-state index contributed by atoms with van der Waals surface area (Å²) in [6.45, 7) is 11.8. The van der Waals surface area contributed by atoms with Crippen LogP contribution in [0.4, 0.5) is 0 Å². The van der Waals surface area contributed by atoms with Crippen molar-refractivity contribution in [3.8, 4) is 23.0 Å². The molecule has 0 saturated carbocycles. The Morgan fingerprint density at radius 3 is 0.647 bits per heavy atom. The number of fused-ring (bicyclic) bond motifs is 8. The SMILES string of the molecule is CCCCCCCN=Cc1cc2c(O)c(c1)Cc1cc(C=NCCCCCCC)cc(c1O)Cc1cc(C=NCCCCCCC)cc(c1O)Cc1cc(C=NCCCCCCC)cc(c1O)C2. The molecule has 0 aliphatic heterocycles. The number of unbranched alkanes of at least 4 members (excludes halogenated alkanes) is 16. The second kappa shape index (κ2) is 30.3. The molecule has 0 unspecified atom stereocenters. The molecular weight excluding hydrogens is 841 g/mol. The van der Waals surface area contributed by atoms with Crippen LogP contribution in [0.2, 0.25) is 0 Å². The normalized spacial score (nSPS) is 13.0. The maximum absolute atomic E-state index is 12.2. The van der Waals surface area contributed by atoms with Gasteiger partial charge in [-0.05, 0) is 141 Å². The van der Waals surface area contributed by atoms with Crippen LogP contribution in [0.25, 0.3) is 0 Å². The van der Waals surface area contributed by atoms with E-state index in [1.807, 2.05) is 73.4 Å². The Balaban J connectivity index is 1.64. The third-order valence-corrected chi connectivity index (χ3v) is 13.2. The summed E-state index contributed by atoms with van der Waals surface area (Å²) >= 11 is 0. The molecule has 368 valence electrons. The van der Waals surface area contributed by atoms with E-state index in [4.69, 9.17) is 20.0 Å². The molecule has 0 fully saturated rings. The standard InChI is InChI=1S/C60H84N4O4/c1-5-9-13-17-21-25-61-41-45-29-49-37-51-31-46(42-62-26-22-18-14-10-6-2)33-53(58(51)66)39-55-35-48(44-64-28-24-20-16-12-8-4)36-56(60(55)68)40-54-34-47(43-63-27-23-19-15-11-7-3)32-52(59(54)67)38-50(30-45)57(49)65/h29-36,41-44,65-68H,5-28,37-40H2,1-4H3. The molecule has 4 aromatic rings. The van der Waals surface area contributed by atoms with Crippen molar-refractivity contribution in [1.82, 2.24) is 0 Å². The Morgan fingerprint density at radius 2 is 0.471 bits per heavy atom. The third-order valence-electron chi connectivity index (χ3n) is 13.2. The zero-order valence-corrected chi connectivity index (χ0v) is 42.3. The average molecular weight is 925 g/mol. The van der Waals surface area contributed by atoms with Gasteiger partial charge in [-0.1, -0.05) is 130 Å². The number of rotatable bonds is 28. The van der Waals surface area contributed by atoms with Crippen LogP contribution in [-0.2, 0) is 25.7 Å². The lowest BCUT2D eigenvalue weighted by atomic mass is 9.88. The van der Waals surface area contributed by atoms with Gasteiger partial charge in [0.15, 0.2) is 0 Å². The lowest BCUT2D eigenvalue weighted by Gasteiger charge is -2.19. The molecule has 8 bridgehead atoms. The van der Waals surface area contributed by atoms with Gasteiger partial charge < -0.3 is 20.4 Å². The molecule has 68 heavy (non-hydrogen) atoms. The predicted molar refractivity (Wildman–Crippen MR) is 289 cm³/mol. The lowest BCUT2D eigenvalue weighted by molar-refractivity contribution is 0.450. The van der Waals surface area contributed by atoms with Crippen molar-refractivity contribution >= 4 is 24.9 Å². The van der Waals surface area contributed by atoms with E-state index in [1.165, 1.54) is 77.0 Å². The molecule has 4 aromatic carbocycles. The smallest absolute Gasteiger partial charge is 0.122 e. The number of benzene rings is 4. The van der Waals surface area contributed by atoms with E-state index in [9.17, 15) is 20.4 Å². The maximum Gasteiger partial charge on any atom is 0.122 e. The molecule has 0 atom stereocenters. The molecular formula is C60H84N4O4. The first-order valence-electron chi connectivity index (χ1n) is 26.6. The van der Waals surface area contributed by atoms with Gasteiger partial charge in [-0.3, -0.25) is 20.0 Å². The Labute approximate surface area is 409 Å². The molecule has 0 aromatic heterocycles. The molecule has 0 heterocycles. The molecule has 1 aliphatic carbocycles. The largest absolute Gasteiger partial charge is 0.507 e. The van der Waals surface area contributed by atoms with Crippen molar-refractivity contribution in [2.75, 3.05) is 26.2 Å². The summed E-state index contributed by atoms with van der Waals surface area (Å²) in [5.41, 5.74) is 8.69. The van der Waals surface area contributed by atoms with Crippen LogP contribution in [0, 0.1) is 0 Å². The van der Waals surface area contributed by atoms with E-state index < -0.39 is 0 Å². The molecule has 0 saturated heterocycles. The van der Waals surface area contributed by atoms with Crippen LogP contribution >= 0.6 is 0 Å². The van der Waals surface area contributed by atoms with Crippen molar-refractivity contribution in [1.29, 1.82) is 0 Å². The monoisotopic (exact) mass is 925 g/mol. The minimum atomic E-state index is 0.130. The van der Waals surface area contributed by atoms with Crippen LogP contribution in [-0.4, -0.2) is 71.5 Å². The molecule has 0 spiro atoms. The summed E-state index contributed by atoms with van der Waals surface area (Å²) in [6.07, 6.45) is 31.8. The molecule has 0 amide bonds. The van der Waals surface area contributed by atoms with E-state index >= 15 is 0 Å². The van der Waals surface area contributed by atoms with E-state index in [2.05, 4.69) is 27.7 Å². The fraction of sp³-hybridized carbons (Fsp3) is 0.533. The average Bonchev–Trinajstić information content (AvgIpc) is 3.33. The van der Waals surface area contributed by atoms with Crippen molar-refractivity contribution in [3.63, 3.8) is 0 Å². The van der Waals surface area contributed by atoms with Crippen LogP contribution < -0.4 is 0 Å². The zero-order chi connectivity index (χ0) is 48.4. The number of phenolic OH excluding ortho intramolecular Hbond substituents is 4. The Kier molecular flexibility index (Phi) is 23.9. The fourth-order valence-corrected chi connectivity index (χ4v) is 9.25. The van der Waals surface area contributed by atoms with Gasteiger partial charge in [0.2, 0.25) is 0 Å². The van der Waals surface area contributed by atoms with Crippen molar-refractivity contribution in [2.45, 2.75) is 182 Å². The first-order valence-corrected chi connectivity index (χ1v) is 26.6. The molecule has 8 heteroatoms. The van der Waals surface area contributed by atoms with Gasteiger partial charge in [-0.25, -0.2) is 0 Å². The molecule has 5 rings (SSSR count). The number of hydrogen-bond donors (Lipinski definition) is 4. The number of hydrogen-bond acceptors (Lipinski definition) is 8. The topological polar surface area (TPSA) is 130 Å². The first-order chi connectivity index (χ1) is 33.2. The van der Waals surface area contributed by atoms with Gasteiger partial charge >= 0.3 is 0 Å². The predicted octanol–water partition coefficient (Wildman–Crippen LogP) is 14.7. The van der Waals surface area contributed by atoms with Crippen molar-refractivity contribution in [2.24, 2.45) is 20.0 Å². The second-order valence-corrected chi connectivity index (χ2v) is 19.3. The van der Waals surface area contributed by atoms with Crippen LogP contribution in [0.5, 0.6) is 23.0 Å². The highest BCUT2D eigenvalue weighted by molar-refractivity contribution is 5.84. The maximum atomic E-state index is 12.2. The minimum Gasteiger partial charge on any atom is -0.507 e. The quantitative estimate of drug-likeness (QED) is 0.0294. The third kappa shape index (κ3) is 17.7. The van der Waals surface area contributed by atoms with Gasteiger partial charge in [0.1, 0.15) is 23.0 Å². The highest BCUT2D eigenvalue weighted by Crippen LogP contribution is 2.39. The Bertz CT molecular complexity index is 1860. The summed E-state index contributed by atoms with van der Waals surface area (Å²) < 4.78 is 0. The molecule has 8 nitrogen and oxygen atoms in total. The van der Waals surface area contributed by atoms with Crippen molar-refractivity contribution < 1.29 is 20.4 Å². The second-order valence-electron chi connectivity index (χ2n) is 19.3. The first kappa shape index (κ1) is 53.7.